The van der Waals surface area contributed by atoms with Crippen molar-refractivity contribution in [2.45, 2.75) is 10.9 Å². The lowest BCUT2D eigenvalue weighted by molar-refractivity contribution is 0.510. The molecule has 96 valence electrons. The van der Waals surface area contributed by atoms with Crippen molar-refractivity contribution in [3.8, 4) is 0 Å². The smallest absolute Gasteiger partial charge is 0.166 e. The molecule has 2 aromatic heterocycles. The summed E-state index contributed by atoms with van der Waals surface area (Å²) in [4.78, 5) is 11.3. The topological polar surface area (TPSA) is 41.6 Å². The van der Waals surface area contributed by atoms with Crippen LogP contribution in [0, 0.1) is 11.6 Å². The maximum Gasteiger partial charge on any atom is 0.166 e. The molecule has 0 atom stereocenters. The van der Waals surface area contributed by atoms with Gasteiger partial charge in [0.15, 0.2) is 16.8 Å². The van der Waals surface area contributed by atoms with Crippen LogP contribution in [0.3, 0.4) is 0 Å². The van der Waals surface area contributed by atoms with Crippen molar-refractivity contribution in [3.63, 3.8) is 0 Å². The molecule has 6 heteroatoms. The molecule has 0 aliphatic carbocycles. The van der Waals surface area contributed by atoms with Gasteiger partial charge in [-0.05, 0) is 12.1 Å². The number of aromatic nitrogens is 3. The predicted octanol–water partition coefficient (Wildman–Crippen LogP) is 3.53. The zero-order chi connectivity index (χ0) is 13.2. The van der Waals surface area contributed by atoms with Crippen LogP contribution in [0.1, 0.15) is 5.69 Å². The highest BCUT2D eigenvalue weighted by molar-refractivity contribution is 7.98. The molecule has 1 N–H and O–H groups in total. The maximum absolute atomic E-state index is 13.1. The first-order chi connectivity index (χ1) is 9.22. The monoisotopic (exact) mass is 277 g/mol. The van der Waals surface area contributed by atoms with Crippen LogP contribution in [-0.2, 0) is 5.75 Å². The van der Waals surface area contributed by atoms with Gasteiger partial charge in [-0.1, -0.05) is 17.8 Å². The molecule has 0 bridgehead atoms. The van der Waals surface area contributed by atoms with Gasteiger partial charge in [0.25, 0.3) is 0 Å². The van der Waals surface area contributed by atoms with Crippen LogP contribution in [0.25, 0.3) is 11.0 Å². The molecule has 3 aromatic rings. The van der Waals surface area contributed by atoms with E-state index >= 15 is 0 Å². The largest absolute Gasteiger partial charge is 0.333 e. The van der Waals surface area contributed by atoms with Crippen molar-refractivity contribution in [1.82, 2.24) is 15.0 Å². The Hall–Kier alpha value is -1.95. The lowest BCUT2D eigenvalue weighted by Gasteiger charge is -1.96. The number of thioether (sulfide) groups is 1. The minimum absolute atomic E-state index is 0.419. The zero-order valence-electron chi connectivity index (χ0n) is 9.73. The van der Waals surface area contributed by atoms with Crippen LogP contribution in [0.4, 0.5) is 8.78 Å². The molecule has 0 saturated carbocycles. The van der Waals surface area contributed by atoms with Gasteiger partial charge >= 0.3 is 0 Å². The van der Waals surface area contributed by atoms with Crippen LogP contribution >= 0.6 is 11.8 Å². The molecule has 0 radical (unpaired) electrons. The van der Waals surface area contributed by atoms with E-state index in [9.17, 15) is 8.78 Å². The van der Waals surface area contributed by atoms with Gasteiger partial charge in [-0.15, -0.1) is 0 Å². The molecule has 0 aliphatic heterocycles. The van der Waals surface area contributed by atoms with Gasteiger partial charge in [-0.25, -0.2) is 13.8 Å². The van der Waals surface area contributed by atoms with Crippen LogP contribution < -0.4 is 0 Å². The number of pyridine rings is 1. The summed E-state index contributed by atoms with van der Waals surface area (Å²) in [6.45, 7) is 0. The Labute approximate surface area is 112 Å². The van der Waals surface area contributed by atoms with Gasteiger partial charge in [0.2, 0.25) is 0 Å². The molecular weight excluding hydrogens is 268 g/mol. The summed E-state index contributed by atoms with van der Waals surface area (Å²) in [5, 5.41) is 0.616. The van der Waals surface area contributed by atoms with Gasteiger partial charge in [0, 0.05) is 24.1 Å². The van der Waals surface area contributed by atoms with E-state index in [1.807, 2.05) is 18.2 Å². The van der Waals surface area contributed by atoms with Crippen LogP contribution in [0.5, 0.6) is 0 Å². The summed E-state index contributed by atoms with van der Waals surface area (Å²) in [5.41, 5.74) is 1.83. The third kappa shape index (κ3) is 2.58. The summed E-state index contributed by atoms with van der Waals surface area (Å²) in [6, 6.07) is 7.87. The number of fused-ring (bicyclic) bond motifs is 1. The second kappa shape index (κ2) is 4.97. The molecule has 19 heavy (non-hydrogen) atoms. The first-order valence-electron chi connectivity index (χ1n) is 5.60. The molecule has 3 rings (SSSR count). The number of aromatic amines is 1. The fraction of sp³-hybridized carbons (Fsp3) is 0.0769. The van der Waals surface area contributed by atoms with Gasteiger partial charge < -0.3 is 4.98 Å². The van der Waals surface area contributed by atoms with E-state index in [2.05, 4.69) is 15.0 Å². The Balaban J connectivity index is 1.82. The summed E-state index contributed by atoms with van der Waals surface area (Å²) >= 11 is 1.44. The first-order valence-corrected chi connectivity index (χ1v) is 6.58. The number of nitrogens with one attached hydrogen (secondary N) is 1. The molecule has 0 spiro atoms. The number of H-pyrrole nitrogens is 1. The molecular formula is C13H9F2N3S. The lowest BCUT2D eigenvalue weighted by atomic mass is 10.3. The van der Waals surface area contributed by atoms with E-state index in [1.165, 1.54) is 11.8 Å². The van der Waals surface area contributed by atoms with E-state index in [4.69, 9.17) is 0 Å². The van der Waals surface area contributed by atoms with Crippen molar-refractivity contribution in [2.24, 2.45) is 0 Å². The highest BCUT2D eigenvalue weighted by Gasteiger charge is 2.09. The third-order valence-corrected chi connectivity index (χ3v) is 3.49. The molecule has 0 aliphatic rings. The SMILES string of the molecule is Fc1cc2nc(SCc3ccccn3)[nH]c2cc1F. The van der Waals surface area contributed by atoms with Crippen molar-refractivity contribution < 1.29 is 8.78 Å². The lowest BCUT2D eigenvalue weighted by Crippen LogP contribution is -1.85. The normalized spacial score (nSPS) is 11.1. The summed E-state index contributed by atoms with van der Waals surface area (Å²) in [5.74, 6) is -1.12. The Morgan fingerprint density at radius 2 is 2.00 bits per heavy atom. The van der Waals surface area contributed by atoms with Gasteiger partial charge in [-0.2, -0.15) is 0 Å². The predicted molar refractivity (Wildman–Crippen MR) is 69.8 cm³/mol. The number of hydrogen-bond donors (Lipinski definition) is 1. The van der Waals surface area contributed by atoms with E-state index in [1.54, 1.807) is 6.20 Å². The van der Waals surface area contributed by atoms with Crippen molar-refractivity contribution >= 4 is 22.8 Å². The number of halogens is 2. The second-order valence-electron chi connectivity index (χ2n) is 3.94. The van der Waals surface area contributed by atoms with Gasteiger partial charge in [0.1, 0.15) is 0 Å². The van der Waals surface area contributed by atoms with E-state index in [0.717, 1.165) is 17.8 Å². The van der Waals surface area contributed by atoms with E-state index < -0.39 is 11.6 Å². The van der Waals surface area contributed by atoms with Crippen LogP contribution in [-0.4, -0.2) is 15.0 Å². The highest BCUT2D eigenvalue weighted by Crippen LogP contribution is 2.23. The Morgan fingerprint density at radius 3 is 2.79 bits per heavy atom. The Kier molecular flexibility index (Phi) is 3.16. The summed E-state index contributed by atoms with van der Waals surface area (Å²) in [7, 11) is 0. The van der Waals surface area contributed by atoms with Crippen LogP contribution in [0.15, 0.2) is 41.7 Å². The summed E-state index contributed by atoms with van der Waals surface area (Å²) < 4.78 is 26.1. The standard InChI is InChI=1S/C13H9F2N3S/c14-9-5-11-12(6-10(9)15)18-13(17-11)19-7-8-3-1-2-4-16-8/h1-6H,7H2,(H,17,18). The van der Waals surface area contributed by atoms with Crippen molar-refractivity contribution in [1.29, 1.82) is 0 Å². The number of hydrogen-bond acceptors (Lipinski definition) is 3. The van der Waals surface area contributed by atoms with E-state index in [0.29, 0.717) is 21.9 Å². The van der Waals surface area contributed by atoms with Gasteiger partial charge in [-0.3, -0.25) is 4.98 Å². The molecule has 0 amide bonds. The molecule has 0 saturated heterocycles. The molecule has 0 unspecified atom stereocenters. The molecule has 0 fully saturated rings. The number of benzene rings is 1. The molecule has 3 nitrogen and oxygen atoms in total. The average molecular weight is 277 g/mol. The van der Waals surface area contributed by atoms with Crippen molar-refractivity contribution in [3.05, 3.63) is 53.9 Å². The Bertz CT molecular complexity index is 673. The van der Waals surface area contributed by atoms with E-state index in [-0.39, 0.29) is 0 Å². The zero-order valence-corrected chi connectivity index (χ0v) is 10.5. The number of nitrogens with zero attached hydrogens (tertiary/aromatic N) is 2. The van der Waals surface area contributed by atoms with Gasteiger partial charge in [0.05, 0.1) is 16.7 Å². The second-order valence-corrected chi connectivity index (χ2v) is 4.90. The molecule has 1 aromatic carbocycles. The minimum Gasteiger partial charge on any atom is -0.333 e. The fourth-order valence-corrected chi connectivity index (χ4v) is 2.48. The quantitative estimate of drug-likeness (QED) is 0.745. The first kappa shape index (κ1) is 12.1. The van der Waals surface area contributed by atoms with Crippen LogP contribution in [0.2, 0.25) is 0 Å². The van der Waals surface area contributed by atoms with Crippen molar-refractivity contribution in [2.75, 3.05) is 0 Å². The third-order valence-electron chi connectivity index (χ3n) is 2.59. The minimum atomic E-state index is -0.889. The fourth-order valence-electron chi connectivity index (χ4n) is 1.68. The summed E-state index contributed by atoms with van der Waals surface area (Å²) in [6.07, 6.45) is 1.72. The average Bonchev–Trinajstić information content (AvgIpc) is 2.80. The maximum atomic E-state index is 13.1. The number of imidazole rings is 1. The Morgan fingerprint density at radius 1 is 1.16 bits per heavy atom. The highest BCUT2D eigenvalue weighted by atomic mass is 32.2. The molecule has 2 heterocycles. The number of rotatable bonds is 3.